The first-order valence-electron chi connectivity index (χ1n) is 3.78. The summed E-state index contributed by atoms with van der Waals surface area (Å²) in [5.41, 5.74) is 2.69. The number of nitriles is 1. The minimum atomic E-state index is 0.720. The molecule has 2 nitrogen and oxygen atoms in total. The zero-order valence-electron chi connectivity index (χ0n) is 6.77. The SMILES string of the molecule is N#Cc1cscc1-c1cccnc1. The van der Waals surface area contributed by atoms with Crippen molar-refractivity contribution in [3.05, 3.63) is 40.8 Å². The van der Waals surface area contributed by atoms with Gasteiger partial charge in [0.15, 0.2) is 0 Å². The lowest BCUT2D eigenvalue weighted by atomic mass is 10.1. The Hall–Kier alpha value is -1.66. The number of pyridine rings is 1. The van der Waals surface area contributed by atoms with Crippen molar-refractivity contribution in [1.29, 1.82) is 5.26 Å². The molecule has 0 atom stereocenters. The van der Waals surface area contributed by atoms with Crippen molar-refractivity contribution in [3.8, 4) is 17.2 Å². The first kappa shape index (κ1) is 7.96. The van der Waals surface area contributed by atoms with E-state index in [0.29, 0.717) is 0 Å². The average Bonchev–Trinajstić information content (AvgIpc) is 2.67. The zero-order chi connectivity index (χ0) is 9.10. The molecular weight excluding hydrogens is 180 g/mol. The predicted molar refractivity (Wildman–Crippen MR) is 52.3 cm³/mol. The quantitative estimate of drug-likeness (QED) is 0.686. The summed E-state index contributed by atoms with van der Waals surface area (Å²) in [6.07, 6.45) is 3.49. The molecule has 0 bridgehead atoms. The smallest absolute Gasteiger partial charge is 0.101 e. The Bertz CT molecular complexity index is 439. The van der Waals surface area contributed by atoms with Crippen molar-refractivity contribution in [2.75, 3.05) is 0 Å². The predicted octanol–water partition coefficient (Wildman–Crippen LogP) is 2.68. The Morgan fingerprint density at radius 1 is 1.38 bits per heavy atom. The van der Waals surface area contributed by atoms with Crippen LogP contribution in [0, 0.1) is 11.3 Å². The van der Waals surface area contributed by atoms with E-state index in [0.717, 1.165) is 16.7 Å². The molecule has 0 aliphatic carbocycles. The topological polar surface area (TPSA) is 36.7 Å². The van der Waals surface area contributed by atoms with Crippen LogP contribution in [0.3, 0.4) is 0 Å². The monoisotopic (exact) mass is 186 g/mol. The third kappa shape index (κ3) is 1.44. The van der Waals surface area contributed by atoms with Gasteiger partial charge in [0.25, 0.3) is 0 Å². The van der Waals surface area contributed by atoms with Gasteiger partial charge in [-0.2, -0.15) is 16.6 Å². The van der Waals surface area contributed by atoms with Crippen molar-refractivity contribution in [1.82, 2.24) is 4.98 Å². The number of rotatable bonds is 1. The Morgan fingerprint density at radius 3 is 3.00 bits per heavy atom. The Kier molecular flexibility index (Phi) is 2.07. The van der Waals surface area contributed by atoms with Crippen molar-refractivity contribution in [2.45, 2.75) is 0 Å². The lowest BCUT2D eigenvalue weighted by Crippen LogP contribution is -1.78. The van der Waals surface area contributed by atoms with E-state index in [1.165, 1.54) is 11.3 Å². The van der Waals surface area contributed by atoms with Crippen molar-refractivity contribution in [3.63, 3.8) is 0 Å². The molecule has 3 heteroatoms. The van der Waals surface area contributed by atoms with Gasteiger partial charge < -0.3 is 0 Å². The van der Waals surface area contributed by atoms with Crippen LogP contribution >= 0.6 is 11.3 Å². The first-order chi connectivity index (χ1) is 6.42. The Morgan fingerprint density at radius 2 is 2.31 bits per heavy atom. The van der Waals surface area contributed by atoms with Crippen molar-refractivity contribution in [2.24, 2.45) is 0 Å². The normalized spacial score (nSPS) is 9.46. The molecule has 2 aromatic heterocycles. The summed E-state index contributed by atoms with van der Waals surface area (Å²) in [6, 6.07) is 5.98. The van der Waals surface area contributed by atoms with Gasteiger partial charge in [-0.15, -0.1) is 0 Å². The van der Waals surface area contributed by atoms with Crippen LogP contribution < -0.4 is 0 Å². The van der Waals surface area contributed by atoms with Crippen LogP contribution in [0.2, 0.25) is 0 Å². The van der Waals surface area contributed by atoms with E-state index in [4.69, 9.17) is 5.26 Å². The zero-order valence-corrected chi connectivity index (χ0v) is 7.58. The molecule has 0 aliphatic rings. The van der Waals surface area contributed by atoms with Gasteiger partial charge in [-0.1, -0.05) is 6.07 Å². The molecule has 0 radical (unpaired) electrons. The van der Waals surface area contributed by atoms with Gasteiger partial charge in [0, 0.05) is 28.9 Å². The Balaban J connectivity index is 2.54. The van der Waals surface area contributed by atoms with E-state index in [-0.39, 0.29) is 0 Å². The van der Waals surface area contributed by atoms with Gasteiger partial charge >= 0.3 is 0 Å². The fourth-order valence-electron chi connectivity index (χ4n) is 1.13. The number of thiophene rings is 1. The van der Waals surface area contributed by atoms with Gasteiger partial charge in [-0.25, -0.2) is 0 Å². The van der Waals surface area contributed by atoms with Crippen LogP contribution in [-0.2, 0) is 0 Å². The lowest BCUT2D eigenvalue weighted by molar-refractivity contribution is 1.33. The highest BCUT2D eigenvalue weighted by Gasteiger charge is 2.04. The van der Waals surface area contributed by atoms with E-state index in [1.807, 2.05) is 22.9 Å². The lowest BCUT2D eigenvalue weighted by Gasteiger charge is -1.95. The van der Waals surface area contributed by atoms with Gasteiger partial charge in [-0.3, -0.25) is 4.98 Å². The first-order valence-corrected chi connectivity index (χ1v) is 4.73. The van der Waals surface area contributed by atoms with Crippen LogP contribution in [0.4, 0.5) is 0 Å². The number of hydrogen-bond donors (Lipinski definition) is 0. The highest BCUT2D eigenvalue weighted by molar-refractivity contribution is 7.08. The molecule has 0 aliphatic heterocycles. The average molecular weight is 186 g/mol. The van der Waals surface area contributed by atoms with Crippen LogP contribution in [0.1, 0.15) is 5.56 Å². The van der Waals surface area contributed by atoms with Crippen molar-refractivity contribution >= 4 is 11.3 Å². The highest BCUT2D eigenvalue weighted by atomic mass is 32.1. The van der Waals surface area contributed by atoms with Crippen molar-refractivity contribution < 1.29 is 0 Å². The number of hydrogen-bond acceptors (Lipinski definition) is 3. The number of aromatic nitrogens is 1. The van der Waals surface area contributed by atoms with Gasteiger partial charge in [-0.05, 0) is 11.4 Å². The van der Waals surface area contributed by atoms with E-state index < -0.39 is 0 Å². The summed E-state index contributed by atoms with van der Waals surface area (Å²) in [7, 11) is 0. The van der Waals surface area contributed by atoms with E-state index in [9.17, 15) is 0 Å². The molecule has 0 aromatic carbocycles. The van der Waals surface area contributed by atoms with Crippen LogP contribution in [0.5, 0.6) is 0 Å². The third-order valence-electron chi connectivity index (χ3n) is 1.75. The fourth-order valence-corrected chi connectivity index (χ4v) is 1.91. The second-order valence-electron chi connectivity index (χ2n) is 2.55. The van der Waals surface area contributed by atoms with E-state index in [2.05, 4.69) is 11.1 Å². The van der Waals surface area contributed by atoms with E-state index in [1.54, 1.807) is 12.4 Å². The second kappa shape index (κ2) is 3.38. The molecule has 2 rings (SSSR count). The van der Waals surface area contributed by atoms with Crippen LogP contribution in [-0.4, -0.2) is 4.98 Å². The molecule has 2 heterocycles. The fraction of sp³-hybridized carbons (Fsp3) is 0. The molecule has 62 valence electrons. The highest BCUT2D eigenvalue weighted by Crippen LogP contribution is 2.25. The minimum Gasteiger partial charge on any atom is -0.264 e. The van der Waals surface area contributed by atoms with Gasteiger partial charge in [0.05, 0.1) is 5.56 Å². The van der Waals surface area contributed by atoms with Crippen LogP contribution in [0.15, 0.2) is 35.3 Å². The summed E-state index contributed by atoms with van der Waals surface area (Å²) in [5.74, 6) is 0. The number of nitrogens with zero attached hydrogens (tertiary/aromatic N) is 2. The minimum absolute atomic E-state index is 0.720. The summed E-state index contributed by atoms with van der Waals surface area (Å²) < 4.78 is 0. The third-order valence-corrected chi connectivity index (χ3v) is 2.50. The summed E-state index contributed by atoms with van der Waals surface area (Å²) >= 11 is 1.54. The maximum atomic E-state index is 8.80. The van der Waals surface area contributed by atoms with Gasteiger partial charge in [0.1, 0.15) is 6.07 Å². The van der Waals surface area contributed by atoms with Crippen LogP contribution in [0.25, 0.3) is 11.1 Å². The molecule has 0 fully saturated rings. The largest absolute Gasteiger partial charge is 0.264 e. The summed E-state index contributed by atoms with van der Waals surface area (Å²) in [6.45, 7) is 0. The molecule has 0 N–H and O–H groups in total. The molecular formula is C10H6N2S. The summed E-state index contributed by atoms with van der Waals surface area (Å²) in [4.78, 5) is 4.01. The molecule has 0 saturated heterocycles. The second-order valence-corrected chi connectivity index (χ2v) is 3.30. The molecule has 2 aromatic rings. The standard InChI is InChI=1S/C10H6N2S/c11-4-9-6-13-7-10(9)8-2-1-3-12-5-8/h1-3,5-7H. The maximum absolute atomic E-state index is 8.80. The molecule has 13 heavy (non-hydrogen) atoms. The molecule has 0 saturated carbocycles. The molecule has 0 amide bonds. The van der Waals surface area contributed by atoms with E-state index >= 15 is 0 Å². The maximum Gasteiger partial charge on any atom is 0.101 e. The Labute approximate surface area is 80.1 Å². The molecule has 0 spiro atoms. The summed E-state index contributed by atoms with van der Waals surface area (Å²) in [5, 5.41) is 12.6. The molecule has 0 unspecified atom stereocenters. The van der Waals surface area contributed by atoms with Gasteiger partial charge in [0.2, 0.25) is 0 Å².